The summed E-state index contributed by atoms with van der Waals surface area (Å²) < 4.78 is 58.6. The van der Waals surface area contributed by atoms with Gasteiger partial charge in [0.05, 0.1) is 0 Å². The molecule has 1 aliphatic heterocycles. The molecule has 9 heteroatoms. The quantitative estimate of drug-likeness (QED) is 0.772. The Balaban J connectivity index is 0.000000322. The van der Waals surface area contributed by atoms with Gasteiger partial charge in [0.15, 0.2) is 0 Å². The van der Waals surface area contributed by atoms with Crippen LogP contribution in [0.5, 0.6) is 0 Å². The van der Waals surface area contributed by atoms with Crippen molar-refractivity contribution in [2.75, 3.05) is 26.2 Å². The van der Waals surface area contributed by atoms with E-state index >= 15 is 0 Å². The maximum atomic E-state index is 13.4. The minimum absolute atomic E-state index is 0.107. The third kappa shape index (κ3) is 6.99. The Bertz CT molecular complexity index is 390. The van der Waals surface area contributed by atoms with E-state index in [1.54, 1.807) is 0 Å². The number of carbonyl (C=O) groups is 1. The van der Waals surface area contributed by atoms with Crippen LogP contribution in [-0.2, 0) is 4.79 Å². The summed E-state index contributed by atoms with van der Waals surface area (Å²) in [5.74, 6) is -5.51. The summed E-state index contributed by atoms with van der Waals surface area (Å²) >= 11 is 0. The lowest BCUT2D eigenvalue weighted by Gasteiger charge is -2.33. The topological polar surface area (TPSA) is 52.6 Å². The molecule has 23 heavy (non-hydrogen) atoms. The molecule has 1 heterocycles. The summed E-state index contributed by atoms with van der Waals surface area (Å²) in [6.07, 6.45) is -2.89. The van der Waals surface area contributed by atoms with Gasteiger partial charge in [0.25, 0.3) is 5.92 Å². The molecule has 0 spiro atoms. The third-order valence-electron chi connectivity index (χ3n) is 4.15. The number of hydrogen-bond acceptors (Lipinski definition) is 3. The van der Waals surface area contributed by atoms with E-state index in [-0.39, 0.29) is 12.3 Å². The molecule has 2 aliphatic rings. The number of halogens is 5. The average Bonchev–Trinajstić information content (AvgIpc) is 2.75. The van der Waals surface area contributed by atoms with Crippen molar-refractivity contribution in [3.05, 3.63) is 0 Å². The Labute approximate surface area is 132 Å². The summed E-state index contributed by atoms with van der Waals surface area (Å²) in [6, 6.07) is 0.498. The monoisotopic (exact) mass is 346 g/mol. The standard InChI is InChI=1S/C12H22F2N2.C2HF3O2/c1-10-9-16(8-6-15-10)7-4-11-3-2-5-12(11,13)14;3-2(4,5)1(6)7/h10-11,15H,2-9H2,1H3;(H,6,7)/t10-,11?;/m1./s1. The summed E-state index contributed by atoms with van der Waals surface area (Å²) in [6.45, 7) is 5.98. The van der Waals surface area contributed by atoms with E-state index in [1.807, 2.05) is 0 Å². The van der Waals surface area contributed by atoms with Gasteiger partial charge >= 0.3 is 12.1 Å². The van der Waals surface area contributed by atoms with Gasteiger partial charge in [0.1, 0.15) is 0 Å². The Kier molecular flexibility index (Phi) is 7.19. The number of piperazine rings is 1. The first-order chi connectivity index (χ1) is 10.5. The number of rotatable bonds is 3. The van der Waals surface area contributed by atoms with Crippen LogP contribution >= 0.6 is 0 Å². The molecular weight excluding hydrogens is 323 g/mol. The Morgan fingerprint density at radius 2 is 2.00 bits per heavy atom. The average molecular weight is 346 g/mol. The molecule has 2 N–H and O–H groups in total. The molecule has 0 radical (unpaired) electrons. The fourth-order valence-electron chi connectivity index (χ4n) is 2.91. The van der Waals surface area contributed by atoms with Crippen LogP contribution in [0.15, 0.2) is 0 Å². The van der Waals surface area contributed by atoms with Crippen molar-refractivity contribution in [1.29, 1.82) is 0 Å². The molecule has 2 fully saturated rings. The molecule has 2 rings (SSSR count). The fraction of sp³-hybridized carbons (Fsp3) is 0.929. The maximum absolute atomic E-state index is 13.4. The number of alkyl halides is 5. The molecule has 0 aromatic heterocycles. The summed E-state index contributed by atoms with van der Waals surface area (Å²) in [5.41, 5.74) is 0. The normalized spacial score (nSPS) is 28.1. The van der Waals surface area contributed by atoms with Gasteiger partial charge in [-0.25, -0.2) is 13.6 Å². The van der Waals surface area contributed by atoms with Crippen LogP contribution in [0.25, 0.3) is 0 Å². The van der Waals surface area contributed by atoms with E-state index in [1.165, 1.54) is 0 Å². The smallest absolute Gasteiger partial charge is 0.475 e. The van der Waals surface area contributed by atoms with Gasteiger partial charge in [0.2, 0.25) is 0 Å². The lowest BCUT2D eigenvalue weighted by Crippen LogP contribution is -2.49. The van der Waals surface area contributed by atoms with Crippen LogP contribution in [0, 0.1) is 5.92 Å². The van der Waals surface area contributed by atoms with Gasteiger partial charge in [0, 0.05) is 38.0 Å². The first-order valence-corrected chi connectivity index (χ1v) is 7.66. The Morgan fingerprint density at radius 3 is 2.43 bits per heavy atom. The van der Waals surface area contributed by atoms with Crippen LogP contribution in [0.2, 0.25) is 0 Å². The van der Waals surface area contributed by atoms with Gasteiger partial charge in [-0.3, -0.25) is 0 Å². The van der Waals surface area contributed by atoms with Crippen LogP contribution in [-0.4, -0.2) is 60.3 Å². The Morgan fingerprint density at radius 1 is 1.39 bits per heavy atom. The summed E-state index contributed by atoms with van der Waals surface area (Å²) in [5, 5.41) is 10.5. The first-order valence-electron chi connectivity index (χ1n) is 7.66. The predicted octanol–water partition coefficient (Wildman–Crippen LogP) is 2.74. The number of hydrogen-bond donors (Lipinski definition) is 2. The van der Waals surface area contributed by atoms with E-state index in [4.69, 9.17) is 9.90 Å². The molecular formula is C14H23F5N2O2. The maximum Gasteiger partial charge on any atom is 0.490 e. The lowest BCUT2D eigenvalue weighted by atomic mass is 10.0. The number of nitrogens with zero attached hydrogens (tertiary/aromatic N) is 1. The van der Waals surface area contributed by atoms with E-state index in [0.717, 1.165) is 26.2 Å². The van der Waals surface area contributed by atoms with Gasteiger partial charge in [-0.15, -0.1) is 0 Å². The zero-order valence-corrected chi connectivity index (χ0v) is 13.0. The molecule has 1 unspecified atom stereocenters. The highest BCUT2D eigenvalue weighted by atomic mass is 19.4. The highest BCUT2D eigenvalue weighted by molar-refractivity contribution is 5.73. The highest BCUT2D eigenvalue weighted by Gasteiger charge is 2.43. The van der Waals surface area contributed by atoms with Crippen molar-refractivity contribution >= 4 is 5.97 Å². The first kappa shape index (κ1) is 20.1. The predicted molar refractivity (Wildman–Crippen MR) is 74.5 cm³/mol. The van der Waals surface area contributed by atoms with Crippen molar-refractivity contribution in [2.24, 2.45) is 5.92 Å². The van der Waals surface area contributed by atoms with E-state index < -0.39 is 18.1 Å². The number of carboxylic acids is 1. The van der Waals surface area contributed by atoms with Crippen LogP contribution in [0.4, 0.5) is 22.0 Å². The van der Waals surface area contributed by atoms with Crippen LogP contribution in [0.3, 0.4) is 0 Å². The number of carboxylic acid groups (broad SMARTS) is 1. The van der Waals surface area contributed by atoms with E-state index in [0.29, 0.717) is 25.3 Å². The van der Waals surface area contributed by atoms with E-state index in [9.17, 15) is 22.0 Å². The molecule has 0 aromatic rings. The van der Waals surface area contributed by atoms with Crippen LogP contribution in [0.1, 0.15) is 32.6 Å². The lowest BCUT2D eigenvalue weighted by molar-refractivity contribution is -0.192. The molecule has 1 aliphatic carbocycles. The fourth-order valence-corrected chi connectivity index (χ4v) is 2.91. The molecule has 0 bridgehead atoms. The molecule has 1 saturated carbocycles. The zero-order valence-electron chi connectivity index (χ0n) is 13.0. The second kappa shape index (κ2) is 8.23. The summed E-state index contributed by atoms with van der Waals surface area (Å²) in [7, 11) is 0. The molecule has 0 amide bonds. The largest absolute Gasteiger partial charge is 0.490 e. The molecule has 0 aromatic carbocycles. The minimum Gasteiger partial charge on any atom is -0.475 e. The number of nitrogens with one attached hydrogen (secondary N) is 1. The van der Waals surface area contributed by atoms with Gasteiger partial charge in [-0.1, -0.05) is 0 Å². The third-order valence-corrected chi connectivity index (χ3v) is 4.15. The molecule has 2 atom stereocenters. The second-order valence-corrected chi connectivity index (χ2v) is 6.10. The van der Waals surface area contributed by atoms with Crippen molar-refractivity contribution in [3.63, 3.8) is 0 Å². The minimum atomic E-state index is -5.08. The van der Waals surface area contributed by atoms with Gasteiger partial charge < -0.3 is 15.3 Å². The SMILES string of the molecule is C[C@@H]1CN(CCC2CCCC2(F)F)CCN1.O=C(O)C(F)(F)F. The molecule has 136 valence electrons. The Hall–Kier alpha value is -0.960. The van der Waals surface area contributed by atoms with Crippen molar-refractivity contribution < 1.29 is 31.9 Å². The van der Waals surface area contributed by atoms with Crippen molar-refractivity contribution in [3.8, 4) is 0 Å². The second-order valence-electron chi connectivity index (χ2n) is 6.10. The van der Waals surface area contributed by atoms with Crippen LogP contribution < -0.4 is 5.32 Å². The van der Waals surface area contributed by atoms with Crippen molar-refractivity contribution in [2.45, 2.75) is 50.7 Å². The number of aliphatic carboxylic acids is 1. The molecule has 4 nitrogen and oxygen atoms in total. The van der Waals surface area contributed by atoms with Gasteiger partial charge in [-0.2, -0.15) is 13.2 Å². The highest BCUT2D eigenvalue weighted by Crippen LogP contribution is 2.42. The molecule has 1 saturated heterocycles. The zero-order chi connectivity index (χ0) is 17.7. The van der Waals surface area contributed by atoms with E-state index in [2.05, 4.69) is 17.1 Å². The van der Waals surface area contributed by atoms with Crippen molar-refractivity contribution in [1.82, 2.24) is 10.2 Å². The summed E-state index contributed by atoms with van der Waals surface area (Å²) in [4.78, 5) is 11.2. The van der Waals surface area contributed by atoms with Gasteiger partial charge in [-0.05, 0) is 32.7 Å².